The monoisotopic (exact) mass is 348 g/mol. The molecule has 0 unspecified atom stereocenters. The van der Waals surface area contributed by atoms with Crippen LogP contribution in [-0.2, 0) is 11.2 Å². The lowest BCUT2D eigenvalue weighted by molar-refractivity contribution is -0.121. The normalized spacial score (nSPS) is 16.3. The second-order valence-electron chi connectivity index (χ2n) is 6.42. The number of hydrogen-bond acceptors (Lipinski definition) is 4. The molecule has 24 heavy (non-hydrogen) atoms. The standard InChI is InChI=1S/C18H21ClN2O3/c1-12-15(10-16(22)20-11-18(23)7-2-3-8-18)21-17(24-12)13-5-4-6-14(19)9-13/h4-6,9,23H,2-3,7-8,10-11H2,1H3,(H,20,22). The van der Waals surface area contributed by atoms with Gasteiger partial charge in [0.15, 0.2) is 0 Å². The van der Waals surface area contributed by atoms with Gasteiger partial charge in [0.05, 0.1) is 17.7 Å². The Morgan fingerprint density at radius 1 is 1.42 bits per heavy atom. The summed E-state index contributed by atoms with van der Waals surface area (Å²) in [4.78, 5) is 16.5. The van der Waals surface area contributed by atoms with Crippen LogP contribution in [0.2, 0.25) is 5.02 Å². The van der Waals surface area contributed by atoms with Crippen molar-refractivity contribution in [2.75, 3.05) is 6.54 Å². The number of halogens is 1. The van der Waals surface area contributed by atoms with Crippen LogP contribution in [-0.4, -0.2) is 28.1 Å². The van der Waals surface area contributed by atoms with Gasteiger partial charge in [0, 0.05) is 17.1 Å². The van der Waals surface area contributed by atoms with Crippen molar-refractivity contribution in [2.45, 2.75) is 44.6 Å². The molecule has 2 N–H and O–H groups in total. The predicted octanol–water partition coefficient (Wildman–Crippen LogP) is 3.27. The summed E-state index contributed by atoms with van der Waals surface area (Å²) >= 11 is 5.98. The molecule has 0 atom stereocenters. The fourth-order valence-electron chi connectivity index (χ4n) is 3.02. The van der Waals surface area contributed by atoms with Gasteiger partial charge in [-0.2, -0.15) is 0 Å². The summed E-state index contributed by atoms with van der Waals surface area (Å²) in [7, 11) is 0. The Morgan fingerprint density at radius 3 is 2.88 bits per heavy atom. The van der Waals surface area contributed by atoms with Gasteiger partial charge in [-0.05, 0) is 38.0 Å². The van der Waals surface area contributed by atoms with E-state index in [0.717, 1.165) is 31.2 Å². The molecule has 6 heteroatoms. The summed E-state index contributed by atoms with van der Waals surface area (Å²) in [5, 5.41) is 13.7. The van der Waals surface area contributed by atoms with Crippen molar-refractivity contribution >= 4 is 17.5 Å². The van der Waals surface area contributed by atoms with Crippen LogP contribution in [0.15, 0.2) is 28.7 Å². The van der Waals surface area contributed by atoms with Gasteiger partial charge < -0.3 is 14.8 Å². The maximum Gasteiger partial charge on any atom is 0.226 e. The Labute approximate surface area is 146 Å². The van der Waals surface area contributed by atoms with Gasteiger partial charge in [0.25, 0.3) is 0 Å². The summed E-state index contributed by atoms with van der Waals surface area (Å²) in [5.74, 6) is 0.899. The average molecular weight is 349 g/mol. The second-order valence-corrected chi connectivity index (χ2v) is 6.85. The van der Waals surface area contributed by atoms with Crippen molar-refractivity contribution < 1.29 is 14.3 Å². The van der Waals surface area contributed by atoms with E-state index in [2.05, 4.69) is 10.3 Å². The van der Waals surface area contributed by atoms with Gasteiger partial charge in [-0.3, -0.25) is 4.79 Å². The van der Waals surface area contributed by atoms with Crippen LogP contribution in [0.25, 0.3) is 11.5 Å². The van der Waals surface area contributed by atoms with Gasteiger partial charge in [0.1, 0.15) is 5.76 Å². The van der Waals surface area contributed by atoms with Gasteiger partial charge in [0.2, 0.25) is 11.8 Å². The average Bonchev–Trinajstić information content (AvgIpc) is 3.13. The van der Waals surface area contributed by atoms with E-state index in [9.17, 15) is 9.90 Å². The van der Waals surface area contributed by atoms with Crippen molar-refractivity contribution in [1.29, 1.82) is 0 Å². The van der Waals surface area contributed by atoms with Crippen molar-refractivity contribution in [3.05, 3.63) is 40.7 Å². The summed E-state index contributed by atoms with van der Waals surface area (Å²) < 4.78 is 5.66. The number of carbonyl (C=O) groups is 1. The summed E-state index contributed by atoms with van der Waals surface area (Å²) in [6, 6.07) is 7.23. The molecule has 2 aromatic rings. The molecule has 0 bridgehead atoms. The van der Waals surface area contributed by atoms with E-state index in [4.69, 9.17) is 16.0 Å². The molecule has 128 valence electrons. The first-order valence-electron chi connectivity index (χ1n) is 8.16. The van der Waals surface area contributed by atoms with Crippen molar-refractivity contribution in [1.82, 2.24) is 10.3 Å². The molecular formula is C18H21ClN2O3. The van der Waals surface area contributed by atoms with Crippen LogP contribution in [0.1, 0.15) is 37.1 Å². The van der Waals surface area contributed by atoms with E-state index >= 15 is 0 Å². The minimum absolute atomic E-state index is 0.131. The van der Waals surface area contributed by atoms with E-state index in [1.54, 1.807) is 19.1 Å². The lowest BCUT2D eigenvalue weighted by Gasteiger charge is -2.22. The molecule has 5 nitrogen and oxygen atoms in total. The van der Waals surface area contributed by atoms with E-state index in [-0.39, 0.29) is 12.3 Å². The molecule has 1 aromatic heterocycles. The zero-order valence-electron chi connectivity index (χ0n) is 13.6. The third-order valence-corrected chi connectivity index (χ3v) is 4.68. The van der Waals surface area contributed by atoms with Crippen LogP contribution >= 0.6 is 11.6 Å². The zero-order chi connectivity index (χ0) is 17.2. The zero-order valence-corrected chi connectivity index (χ0v) is 14.4. The van der Waals surface area contributed by atoms with Gasteiger partial charge in [-0.25, -0.2) is 4.98 Å². The van der Waals surface area contributed by atoms with E-state index < -0.39 is 5.60 Å². The summed E-state index contributed by atoms with van der Waals surface area (Å²) in [5.41, 5.74) is 0.624. The first kappa shape index (κ1) is 17.0. The fourth-order valence-corrected chi connectivity index (χ4v) is 3.21. The van der Waals surface area contributed by atoms with Crippen molar-refractivity contribution in [3.8, 4) is 11.5 Å². The Bertz CT molecular complexity index is 736. The number of aryl methyl sites for hydroxylation is 1. The summed E-state index contributed by atoms with van der Waals surface area (Å²) in [6.45, 7) is 2.08. The molecule has 1 heterocycles. The number of amides is 1. The molecule has 1 aliphatic carbocycles. The molecule has 1 fully saturated rings. The van der Waals surface area contributed by atoms with Gasteiger partial charge >= 0.3 is 0 Å². The smallest absolute Gasteiger partial charge is 0.226 e. The third kappa shape index (κ3) is 3.97. The number of benzene rings is 1. The third-order valence-electron chi connectivity index (χ3n) is 4.44. The minimum atomic E-state index is -0.750. The van der Waals surface area contributed by atoms with Crippen LogP contribution in [0.4, 0.5) is 0 Å². The van der Waals surface area contributed by atoms with Gasteiger partial charge in [-0.15, -0.1) is 0 Å². The highest BCUT2D eigenvalue weighted by molar-refractivity contribution is 6.30. The number of aromatic nitrogens is 1. The highest BCUT2D eigenvalue weighted by atomic mass is 35.5. The highest BCUT2D eigenvalue weighted by Crippen LogP contribution is 2.28. The SMILES string of the molecule is Cc1oc(-c2cccc(Cl)c2)nc1CC(=O)NCC1(O)CCCC1. The fraction of sp³-hybridized carbons (Fsp3) is 0.444. The Hall–Kier alpha value is -1.85. The second kappa shape index (κ2) is 6.95. The van der Waals surface area contributed by atoms with Crippen LogP contribution in [0.5, 0.6) is 0 Å². The lowest BCUT2D eigenvalue weighted by Crippen LogP contribution is -2.41. The number of oxazole rings is 1. The molecule has 1 amide bonds. The molecule has 1 aromatic carbocycles. The molecule has 0 saturated heterocycles. The Kier molecular flexibility index (Phi) is 4.92. The predicted molar refractivity (Wildman–Crippen MR) is 91.8 cm³/mol. The number of carbonyl (C=O) groups excluding carboxylic acids is 1. The molecule has 0 aliphatic heterocycles. The number of nitrogens with one attached hydrogen (secondary N) is 1. The number of hydrogen-bond donors (Lipinski definition) is 2. The first-order chi connectivity index (χ1) is 11.5. The first-order valence-corrected chi connectivity index (χ1v) is 8.54. The minimum Gasteiger partial charge on any atom is -0.441 e. The largest absolute Gasteiger partial charge is 0.441 e. The highest BCUT2D eigenvalue weighted by Gasteiger charge is 2.31. The van der Waals surface area contributed by atoms with Crippen LogP contribution < -0.4 is 5.32 Å². The Balaban J connectivity index is 1.64. The van der Waals surface area contributed by atoms with Crippen molar-refractivity contribution in [2.24, 2.45) is 0 Å². The van der Waals surface area contributed by atoms with Crippen molar-refractivity contribution in [3.63, 3.8) is 0 Å². The maximum atomic E-state index is 12.1. The molecule has 0 radical (unpaired) electrons. The van der Waals surface area contributed by atoms with E-state index in [1.165, 1.54) is 0 Å². The summed E-state index contributed by atoms with van der Waals surface area (Å²) in [6.07, 6.45) is 3.64. The molecule has 0 spiro atoms. The maximum absolute atomic E-state index is 12.1. The van der Waals surface area contributed by atoms with E-state index in [1.807, 2.05) is 12.1 Å². The molecule has 1 saturated carbocycles. The lowest BCUT2D eigenvalue weighted by atomic mass is 10.0. The van der Waals surface area contributed by atoms with Gasteiger partial charge in [-0.1, -0.05) is 30.5 Å². The number of rotatable bonds is 5. The molecular weight excluding hydrogens is 328 g/mol. The quantitative estimate of drug-likeness (QED) is 0.869. The number of nitrogens with zero attached hydrogens (tertiary/aromatic N) is 1. The topological polar surface area (TPSA) is 75.4 Å². The van der Waals surface area contributed by atoms with Crippen LogP contribution in [0.3, 0.4) is 0 Å². The molecule has 3 rings (SSSR count). The molecule has 1 aliphatic rings. The number of aliphatic hydroxyl groups is 1. The Morgan fingerprint density at radius 2 is 2.17 bits per heavy atom. The van der Waals surface area contributed by atoms with E-state index in [0.29, 0.717) is 28.9 Å². The van der Waals surface area contributed by atoms with Crippen LogP contribution in [0, 0.1) is 6.92 Å².